The molecule has 0 amide bonds. The number of rotatable bonds is 3. The third kappa shape index (κ3) is 8.65. The molecule has 0 aromatic heterocycles. The molecule has 4 nitrogen and oxygen atoms in total. The first-order valence-corrected chi connectivity index (χ1v) is 21.6. The van der Waals surface area contributed by atoms with Crippen LogP contribution in [0.2, 0.25) is 0 Å². The number of benzene rings is 5. The summed E-state index contributed by atoms with van der Waals surface area (Å²) in [6.45, 7) is 17.6. The molecule has 0 spiro atoms. The van der Waals surface area contributed by atoms with Crippen LogP contribution >= 0.6 is 19.4 Å². The molecule has 1 saturated heterocycles. The minimum absolute atomic E-state index is 0.285. The fraction of sp³-hybridized carbons (Fsp3) is 0.190. The zero-order valence-electron chi connectivity index (χ0n) is 28.9. The molecule has 49 heavy (non-hydrogen) atoms. The molecule has 1 aliphatic carbocycles. The van der Waals surface area contributed by atoms with Gasteiger partial charge in [-0.05, 0) is 63.8 Å². The van der Waals surface area contributed by atoms with Crippen LogP contribution in [-0.2, 0) is 13.5 Å². The van der Waals surface area contributed by atoms with Gasteiger partial charge in [0, 0.05) is 24.5 Å². The first kappa shape index (κ1) is 36.4. The molecule has 7 heteroatoms. The molecule has 1 aliphatic heterocycles. The Morgan fingerprint density at radius 3 is 1.41 bits per heavy atom. The van der Waals surface area contributed by atoms with Gasteiger partial charge in [-0.1, -0.05) is 59.7 Å². The quantitative estimate of drug-likeness (QED) is 0.135. The van der Waals surface area contributed by atoms with Crippen LogP contribution in [-0.4, -0.2) is 17.2 Å². The summed E-state index contributed by atoms with van der Waals surface area (Å²) in [5.74, 6) is 0. The Morgan fingerprint density at radius 2 is 0.980 bits per heavy atom. The zero-order valence-corrected chi connectivity index (χ0v) is 32.1. The topological polar surface area (TPSA) is 54.1 Å². The molecule has 0 atom stereocenters. The van der Waals surface area contributed by atoms with Gasteiger partial charge < -0.3 is 21.3 Å². The predicted molar refractivity (Wildman–Crippen MR) is 210 cm³/mol. The van der Waals surface area contributed by atoms with Gasteiger partial charge in [-0.3, -0.25) is 0 Å². The maximum atomic E-state index is 7.03. The largest absolute Gasteiger partial charge is 0.700 e. The standard InChI is InChI=1S/C21H27N2.C15H10.C6H6N2.2ClH.Ru/c1-14-9-16(3)20(17(4)10-14)22-7-8-23(13-22)21-18(5)11-15(2)12-19(21)6;1-2-6-12(7-3-1)15-11-10-13-8-4-5-9-14(13)15;7-5-3-1-2-4-6(5)8;;;/h9-13H,7-8H2,1-6H3;1-9,11H;1-4,7-8H;2*1H;/q-1;;-2;;;+2/p-2. The second-order valence-electron chi connectivity index (χ2n) is 12.5. The average Bonchev–Trinajstić information content (AvgIpc) is 3.68. The number of fused-ring (bicyclic) bond motifs is 1. The van der Waals surface area contributed by atoms with Crippen molar-refractivity contribution < 1.29 is 13.5 Å². The third-order valence-electron chi connectivity index (χ3n) is 8.60. The first-order chi connectivity index (χ1) is 23.4. The third-order valence-corrected chi connectivity index (χ3v) is 11.7. The molecule has 0 radical (unpaired) electrons. The molecule has 5 aromatic carbocycles. The van der Waals surface area contributed by atoms with Crippen molar-refractivity contribution in [2.45, 2.75) is 41.5 Å². The number of nitrogens with zero attached hydrogens (tertiary/aromatic N) is 2. The van der Waals surface area contributed by atoms with Crippen LogP contribution in [0.25, 0.3) is 17.0 Å². The second kappa shape index (κ2) is 16.2. The molecule has 2 aliphatic rings. The van der Waals surface area contributed by atoms with Gasteiger partial charge in [-0.15, -0.1) is 0 Å². The zero-order chi connectivity index (χ0) is 35.2. The molecule has 256 valence electrons. The Hall–Kier alpha value is -3.89. The van der Waals surface area contributed by atoms with Gasteiger partial charge in [0.2, 0.25) is 0 Å². The minimum Gasteiger partial charge on any atom is -0.700 e. The summed E-state index contributed by atoms with van der Waals surface area (Å²) < 4.78 is 1.12. The average molecular weight is 776 g/mol. The molecular formula is C42H43Cl2N4Ru-3. The van der Waals surface area contributed by atoms with E-state index in [0.717, 1.165) is 17.2 Å². The first-order valence-electron chi connectivity index (χ1n) is 16.2. The summed E-state index contributed by atoms with van der Waals surface area (Å²) in [5.41, 5.74) is 30.3. The van der Waals surface area contributed by atoms with Crippen molar-refractivity contribution in [3.05, 3.63) is 177 Å². The van der Waals surface area contributed by atoms with Gasteiger partial charge >= 0.3 is 120 Å². The van der Waals surface area contributed by atoms with E-state index in [1.54, 1.807) is 24.3 Å². The number of anilines is 2. The predicted octanol–water partition coefficient (Wildman–Crippen LogP) is 12.6. The Kier molecular flexibility index (Phi) is 12.0. The van der Waals surface area contributed by atoms with E-state index in [4.69, 9.17) is 30.8 Å². The summed E-state index contributed by atoms with van der Waals surface area (Å²) in [4.78, 5) is 4.81. The van der Waals surface area contributed by atoms with Gasteiger partial charge in [0.05, 0.1) is 0 Å². The van der Waals surface area contributed by atoms with E-state index in [1.165, 1.54) is 67.0 Å². The van der Waals surface area contributed by atoms with Crippen molar-refractivity contribution in [1.29, 1.82) is 0 Å². The fourth-order valence-electron chi connectivity index (χ4n) is 6.74. The maximum absolute atomic E-state index is 7.03. The number of hydrogen-bond donors (Lipinski definition) is 0. The molecule has 0 bridgehead atoms. The number of nitrogens with one attached hydrogen (secondary N) is 2. The van der Waals surface area contributed by atoms with Crippen LogP contribution in [0.3, 0.4) is 0 Å². The molecule has 0 saturated carbocycles. The monoisotopic (exact) mass is 775 g/mol. The van der Waals surface area contributed by atoms with Gasteiger partial charge in [-0.2, -0.15) is 18.0 Å². The number of allylic oxidation sites excluding steroid dienone is 1. The molecule has 1 heterocycles. The summed E-state index contributed by atoms with van der Waals surface area (Å²) in [7, 11) is 12.4. The fourth-order valence-corrected chi connectivity index (χ4v) is 9.22. The van der Waals surface area contributed by atoms with E-state index < -0.39 is 13.5 Å². The van der Waals surface area contributed by atoms with Gasteiger partial charge in [-0.25, -0.2) is 0 Å². The van der Waals surface area contributed by atoms with Gasteiger partial charge in [0.1, 0.15) is 0 Å². The van der Waals surface area contributed by atoms with E-state index in [1.807, 2.05) is 24.3 Å². The normalized spacial score (nSPS) is 13.6. The Balaban J connectivity index is 0.000000159. The van der Waals surface area contributed by atoms with Crippen molar-refractivity contribution in [2.24, 2.45) is 0 Å². The molecule has 7 rings (SSSR count). The SMILES string of the molecule is Cc1cc(C)c(N2[CH-]N(c3c(C)cc(C)cc3C)CC2)c(C)c1.[Cl][Ru]([Cl])=[C]1C=C(c2ccccc2)c2ccccc21.[NH-]c1ccccc1[NH-]. The number of halogens is 2. The van der Waals surface area contributed by atoms with Crippen molar-refractivity contribution in [3.8, 4) is 0 Å². The maximum Gasteiger partial charge on any atom is -0.0636 e. The van der Waals surface area contributed by atoms with E-state index in [2.05, 4.69) is 119 Å². The Morgan fingerprint density at radius 1 is 0.571 bits per heavy atom. The van der Waals surface area contributed by atoms with Crippen LogP contribution in [0.1, 0.15) is 50.1 Å². The van der Waals surface area contributed by atoms with Crippen LogP contribution in [0.5, 0.6) is 0 Å². The molecule has 0 unspecified atom stereocenters. The van der Waals surface area contributed by atoms with E-state index in [9.17, 15) is 0 Å². The molecular weight excluding hydrogens is 732 g/mol. The van der Waals surface area contributed by atoms with Crippen molar-refractivity contribution in [3.63, 3.8) is 0 Å². The summed E-state index contributed by atoms with van der Waals surface area (Å²) in [5, 5.41) is 0. The Labute approximate surface area is 305 Å². The smallest absolute Gasteiger partial charge is 0.0636 e. The summed E-state index contributed by atoms with van der Waals surface area (Å²) in [6.07, 6.45) is 2.15. The van der Waals surface area contributed by atoms with Crippen LogP contribution in [0, 0.1) is 48.2 Å². The van der Waals surface area contributed by atoms with E-state index in [-0.39, 0.29) is 11.4 Å². The molecule has 1 fully saturated rings. The summed E-state index contributed by atoms with van der Waals surface area (Å²) in [6, 6.07) is 34.5. The van der Waals surface area contributed by atoms with E-state index >= 15 is 0 Å². The van der Waals surface area contributed by atoms with Crippen molar-refractivity contribution in [1.82, 2.24) is 0 Å². The second-order valence-corrected chi connectivity index (χ2v) is 18.3. The van der Waals surface area contributed by atoms with E-state index in [0.29, 0.717) is 0 Å². The number of aryl methyl sites for hydroxylation is 6. The Bertz CT molecular complexity index is 1880. The summed E-state index contributed by atoms with van der Waals surface area (Å²) >= 11 is -1.88. The van der Waals surface area contributed by atoms with Gasteiger partial charge in [0.25, 0.3) is 0 Å². The van der Waals surface area contributed by atoms with Crippen LogP contribution in [0.4, 0.5) is 22.7 Å². The number of hydrogen-bond acceptors (Lipinski definition) is 2. The molecule has 5 aromatic rings. The van der Waals surface area contributed by atoms with Crippen LogP contribution < -0.4 is 9.80 Å². The minimum atomic E-state index is -1.88. The van der Waals surface area contributed by atoms with Crippen molar-refractivity contribution in [2.75, 3.05) is 22.9 Å². The van der Waals surface area contributed by atoms with Crippen LogP contribution in [0.15, 0.2) is 109 Å². The van der Waals surface area contributed by atoms with Gasteiger partial charge in [0.15, 0.2) is 0 Å². The van der Waals surface area contributed by atoms with Crippen molar-refractivity contribution >= 4 is 51.8 Å². The molecule has 2 N–H and O–H groups in total.